The van der Waals surface area contributed by atoms with E-state index < -0.39 is 0 Å². The number of halogens is 1. The summed E-state index contributed by atoms with van der Waals surface area (Å²) < 4.78 is 13.9. The van der Waals surface area contributed by atoms with E-state index in [9.17, 15) is 9.18 Å². The molecule has 0 fully saturated rings. The van der Waals surface area contributed by atoms with E-state index in [1.54, 1.807) is 6.07 Å². The molecular weight excluding hydrogens is 275 g/mol. The molecule has 0 aliphatic carbocycles. The zero-order valence-corrected chi connectivity index (χ0v) is 11.7. The van der Waals surface area contributed by atoms with Crippen molar-refractivity contribution in [1.82, 2.24) is 10.6 Å². The van der Waals surface area contributed by atoms with Gasteiger partial charge in [-0.2, -0.15) is 0 Å². The first kappa shape index (κ1) is 13.3. The lowest BCUT2D eigenvalue weighted by Gasteiger charge is -2.14. The number of nitrogens with one attached hydrogen (secondary N) is 2. The Morgan fingerprint density at radius 2 is 2.30 bits per heavy atom. The van der Waals surface area contributed by atoms with Crippen LogP contribution >= 0.6 is 11.3 Å². The van der Waals surface area contributed by atoms with E-state index in [-0.39, 0.29) is 11.7 Å². The molecule has 3 nitrogen and oxygen atoms in total. The summed E-state index contributed by atoms with van der Waals surface area (Å²) in [6.07, 6.45) is 3.09. The van der Waals surface area contributed by atoms with Crippen molar-refractivity contribution >= 4 is 27.3 Å². The maximum absolute atomic E-state index is 13.1. The van der Waals surface area contributed by atoms with Crippen molar-refractivity contribution in [2.45, 2.75) is 6.42 Å². The van der Waals surface area contributed by atoms with Crippen LogP contribution in [-0.4, -0.2) is 25.5 Å². The first-order valence-corrected chi connectivity index (χ1v) is 7.40. The van der Waals surface area contributed by atoms with Crippen molar-refractivity contribution in [3.8, 4) is 0 Å². The molecule has 1 aliphatic rings. The van der Waals surface area contributed by atoms with Gasteiger partial charge in [0.2, 0.25) is 0 Å². The van der Waals surface area contributed by atoms with Crippen molar-refractivity contribution in [2.24, 2.45) is 0 Å². The van der Waals surface area contributed by atoms with Crippen LogP contribution in [0.1, 0.15) is 16.1 Å². The molecule has 0 bridgehead atoms. The lowest BCUT2D eigenvalue weighted by molar-refractivity contribution is 0.0960. The minimum absolute atomic E-state index is 0.0916. The quantitative estimate of drug-likeness (QED) is 0.853. The second-order valence-electron chi connectivity index (χ2n) is 4.79. The zero-order chi connectivity index (χ0) is 13.9. The summed E-state index contributed by atoms with van der Waals surface area (Å²) in [5, 5.41) is 7.07. The predicted molar refractivity (Wildman–Crippen MR) is 79.7 cm³/mol. The second-order valence-corrected chi connectivity index (χ2v) is 5.88. The maximum atomic E-state index is 13.1. The fourth-order valence-electron chi connectivity index (χ4n) is 2.23. The van der Waals surface area contributed by atoms with Crippen molar-refractivity contribution < 1.29 is 9.18 Å². The lowest BCUT2D eigenvalue weighted by Crippen LogP contribution is -2.29. The summed E-state index contributed by atoms with van der Waals surface area (Å²) in [6, 6.07) is 6.39. The summed E-state index contributed by atoms with van der Waals surface area (Å²) in [4.78, 5) is 12.7. The molecule has 0 saturated carbocycles. The monoisotopic (exact) mass is 290 g/mol. The largest absolute Gasteiger partial charge is 0.348 e. The molecule has 1 amide bonds. The first-order valence-electron chi connectivity index (χ1n) is 6.58. The Bertz CT molecular complexity index is 678. The minimum Gasteiger partial charge on any atom is -0.348 e. The van der Waals surface area contributed by atoms with Crippen molar-refractivity contribution in [1.29, 1.82) is 0 Å². The van der Waals surface area contributed by atoms with Crippen molar-refractivity contribution in [2.75, 3.05) is 19.6 Å². The molecule has 1 aromatic heterocycles. The smallest absolute Gasteiger partial charge is 0.261 e. The van der Waals surface area contributed by atoms with Gasteiger partial charge in [0.1, 0.15) is 5.82 Å². The molecule has 5 heteroatoms. The van der Waals surface area contributed by atoms with Crippen LogP contribution in [0.15, 0.2) is 35.9 Å². The van der Waals surface area contributed by atoms with Crippen LogP contribution in [0.4, 0.5) is 4.39 Å². The average Bonchev–Trinajstić information content (AvgIpc) is 2.89. The van der Waals surface area contributed by atoms with Gasteiger partial charge in [-0.05, 0) is 36.6 Å². The normalized spacial score (nSPS) is 15.2. The van der Waals surface area contributed by atoms with Gasteiger partial charge >= 0.3 is 0 Å². The fraction of sp³-hybridized carbons (Fsp3) is 0.267. The Balaban J connectivity index is 1.70. The SMILES string of the molecule is O=C(NCC1=CCNCC1)c1cc2ccc(F)cc2s1. The number of fused-ring (bicyclic) bond motifs is 1. The van der Waals surface area contributed by atoms with Gasteiger partial charge in [0, 0.05) is 17.8 Å². The Hall–Kier alpha value is -1.72. The van der Waals surface area contributed by atoms with Gasteiger partial charge < -0.3 is 10.6 Å². The number of carbonyl (C=O) groups excluding carboxylic acids is 1. The number of thiophene rings is 1. The molecule has 2 aromatic rings. The number of carbonyl (C=O) groups is 1. The van der Waals surface area contributed by atoms with Crippen LogP contribution in [0.25, 0.3) is 10.1 Å². The second kappa shape index (κ2) is 5.73. The number of amides is 1. The van der Waals surface area contributed by atoms with Gasteiger partial charge in [0.25, 0.3) is 5.91 Å². The van der Waals surface area contributed by atoms with Gasteiger partial charge in [-0.3, -0.25) is 4.79 Å². The van der Waals surface area contributed by atoms with Crippen LogP contribution in [0.3, 0.4) is 0 Å². The molecule has 0 atom stereocenters. The molecule has 3 rings (SSSR count). The highest BCUT2D eigenvalue weighted by Crippen LogP contribution is 2.26. The van der Waals surface area contributed by atoms with Crippen LogP contribution in [0, 0.1) is 5.82 Å². The molecule has 0 spiro atoms. The summed E-state index contributed by atoms with van der Waals surface area (Å²) in [5.74, 6) is -0.364. The summed E-state index contributed by atoms with van der Waals surface area (Å²) in [6.45, 7) is 2.42. The molecule has 0 radical (unpaired) electrons. The molecule has 2 heterocycles. The Kier molecular flexibility index (Phi) is 3.80. The van der Waals surface area contributed by atoms with E-state index in [0.29, 0.717) is 11.4 Å². The van der Waals surface area contributed by atoms with Gasteiger partial charge in [0.15, 0.2) is 0 Å². The van der Waals surface area contributed by atoms with Gasteiger partial charge in [-0.25, -0.2) is 4.39 Å². The third-order valence-corrected chi connectivity index (χ3v) is 4.44. The molecule has 104 valence electrons. The van der Waals surface area contributed by atoms with E-state index in [1.165, 1.54) is 29.0 Å². The predicted octanol–water partition coefficient (Wildman–Crippen LogP) is 2.69. The molecule has 20 heavy (non-hydrogen) atoms. The fourth-order valence-corrected chi connectivity index (χ4v) is 3.23. The number of hydrogen-bond acceptors (Lipinski definition) is 3. The molecule has 0 unspecified atom stereocenters. The standard InChI is InChI=1S/C15H15FN2OS/c16-12-2-1-11-7-14(20-13(11)8-12)15(19)18-9-10-3-5-17-6-4-10/h1-3,7-8,17H,4-6,9H2,(H,18,19). The first-order chi connectivity index (χ1) is 9.72. The maximum Gasteiger partial charge on any atom is 0.261 e. The van der Waals surface area contributed by atoms with E-state index in [1.807, 2.05) is 6.07 Å². The summed E-state index contributed by atoms with van der Waals surface area (Å²) in [5.41, 5.74) is 1.25. The molecule has 2 N–H and O–H groups in total. The van der Waals surface area contributed by atoms with Crippen LogP contribution in [-0.2, 0) is 0 Å². The zero-order valence-electron chi connectivity index (χ0n) is 10.9. The van der Waals surface area contributed by atoms with E-state index in [4.69, 9.17) is 0 Å². The Morgan fingerprint density at radius 3 is 3.10 bits per heavy atom. The molecule has 0 saturated heterocycles. The number of hydrogen-bond donors (Lipinski definition) is 2. The third kappa shape index (κ3) is 2.89. The highest BCUT2D eigenvalue weighted by Gasteiger charge is 2.11. The van der Waals surface area contributed by atoms with Crippen LogP contribution < -0.4 is 10.6 Å². The van der Waals surface area contributed by atoms with Gasteiger partial charge in [0.05, 0.1) is 4.88 Å². The Morgan fingerprint density at radius 1 is 1.40 bits per heavy atom. The molecular formula is C15H15FN2OS. The lowest BCUT2D eigenvalue weighted by atomic mass is 10.1. The van der Waals surface area contributed by atoms with Crippen LogP contribution in [0.5, 0.6) is 0 Å². The Labute approximate surface area is 120 Å². The van der Waals surface area contributed by atoms with Crippen LogP contribution in [0.2, 0.25) is 0 Å². The van der Waals surface area contributed by atoms with Gasteiger partial charge in [-0.1, -0.05) is 17.7 Å². The molecule has 1 aliphatic heterocycles. The van der Waals surface area contributed by atoms with Crippen molar-refractivity contribution in [3.63, 3.8) is 0 Å². The van der Waals surface area contributed by atoms with E-state index >= 15 is 0 Å². The number of benzene rings is 1. The summed E-state index contributed by atoms with van der Waals surface area (Å²) >= 11 is 1.32. The highest BCUT2D eigenvalue weighted by atomic mass is 32.1. The average molecular weight is 290 g/mol. The third-order valence-electron chi connectivity index (χ3n) is 3.34. The van der Waals surface area contributed by atoms with Gasteiger partial charge in [-0.15, -0.1) is 11.3 Å². The highest BCUT2D eigenvalue weighted by molar-refractivity contribution is 7.20. The summed E-state index contributed by atoms with van der Waals surface area (Å²) in [7, 11) is 0. The molecule has 1 aromatic carbocycles. The minimum atomic E-state index is -0.272. The number of rotatable bonds is 3. The van der Waals surface area contributed by atoms with Crippen molar-refractivity contribution in [3.05, 3.63) is 46.6 Å². The topological polar surface area (TPSA) is 41.1 Å². The van der Waals surface area contributed by atoms with E-state index in [0.717, 1.165) is 29.6 Å². The van der Waals surface area contributed by atoms with E-state index in [2.05, 4.69) is 16.7 Å².